The van der Waals surface area contributed by atoms with E-state index in [1.807, 2.05) is 12.1 Å². The van der Waals surface area contributed by atoms with Crippen molar-refractivity contribution >= 4 is 11.6 Å². The number of benzene rings is 3. The standard InChI is InChI=1S/C29H26F4N4O4/c1-39-18-8-10-20(27(14-18)41-3)19-9-7-17(13-26(19)40-2)23-15-37(35-34-23)25-12-11-21-22(30)5-4-6-24(21)36(28(25)38)16-29(31,32)33/h4-10,13-15,25H,11-12,16H2,1-3H3. The summed E-state index contributed by atoms with van der Waals surface area (Å²) in [5.74, 6) is 0.207. The summed E-state index contributed by atoms with van der Waals surface area (Å²) in [4.78, 5) is 14.0. The van der Waals surface area contributed by atoms with Crippen molar-refractivity contribution in [2.24, 2.45) is 0 Å². The minimum Gasteiger partial charge on any atom is -0.497 e. The van der Waals surface area contributed by atoms with E-state index in [1.54, 1.807) is 38.5 Å². The second-order valence-corrected chi connectivity index (χ2v) is 9.40. The molecule has 0 bridgehead atoms. The summed E-state index contributed by atoms with van der Waals surface area (Å²) in [7, 11) is 4.63. The first kappa shape index (κ1) is 27.9. The predicted octanol–water partition coefficient (Wildman–Crippen LogP) is 5.86. The number of hydrogen-bond donors (Lipinski definition) is 0. The Kier molecular flexibility index (Phi) is 7.57. The number of carbonyl (C=O) groups is 1. The first-order valence-electron chi connectivity index (χ1n) is 12.6. The minimum absolute atomic E-state index is 0.0451. The number of rotatable bonds is 7. The molecule has 3 aromatic carbocycles. The lowest BCUT2D eigenvalue weighted by atomic mass is 10.0. The van der Waals surface area contributed by atoms with E-state index in [0.717, 1.165) is 11.1 Å². The van der Waals surface area contributed by atoms with E-state index in [4.69, 9.17) is 14.2 Å². The number of nitrogens with zero attached hydrogens (tertiary/aromatic N) is 4. The number of carbonyl (C=O) groups excluding carboxylic acids is 1. The third-order valence-corrected chi connectivity index (χ3v) is 6.97. The minimum atomic E-state index is -4.69. The summed E-state index contributed by atoms with van der Waals surface area (Å²) in [6.07, 6.45) is -3.10. The van der Waals surface area contributed by atoms with Crippen LogP contribution in [0, 0.1) is 5.82 Å². The fraction of sp³-hybridized carbons (Fsp3) is 0.276. The Morgan fingerprint density at radius 2 is 1.66 bits per heavy atom. The molecule has 0 N–H and O–H groups in total. The molecule has 12 heteroatoms. The summed E-state index contributed by atoms with van der Waals surface area (Å²) in [6.45, 7) is -1.55. The molecule has 1 unspecified atom stereocenters. The van der Waals surface area contributed by atoms with Gasteiger partial charge in [0.1, 0.15) is 41.3 Å². The fourth-order valence-corrected chi connectivity index (χ4v) is 4.99. The van der Waals surface area contributed by atoms with Crippen LogP contribution in [0.25, 0.3) is 22.4 Å². The van der Waals surface area contributed by atoms with Gasteiger partial charge in [-0.05, 0) is 49.2 Å². The first-order valence-corrected chi connectivity index (χ1v) is 12.6. The molecule has 0 aliphatic carbocycles. The maximum absolute atomic E-state index is 14.6. The van der Waals surface area contributed by atoms with Crippen LogP contribution in [0.3, 0.4) is 0 Å². The highest BCUT2D eigenvalue weighted by Crippen LogP contribution is 2.40. The van der Waals surface area contributed by atoms with Crippen molar-refractivity contribution < 1.29 is 36.6 Å². The van der Waals surface area contributed by atoms with E-state index in [9.17, 15) is 22.4 Å². The van der Waals surface area contributed by atoms with E-state index in [0.29, 0.717) is 33.4 Å². The highest BCUT2D eigenvalue weighted by atomic mass is 19.4. The van der Waals surface area contributed by atoms with Crippen molar-refractivity contribution in [3.8, 4) is 39.6 Å². The van der Waals surface area contributed by atoms with Crippen molar-refractivity contribution in [3.63, 3.8) is 0 Å². The Balaban J connectivity index is 1.48. The van der Waals surface area contributed by atoms with E-state index in [1.165, 1.54) is 36.2 Å². The third kappa shape index (κ3) is 5.54. The van der Waals surface area contributed by atoms with Gasteiger partial charge >= 0.3 is 6.18 Å². The van der Waals surface area contributed by atoms with Crippen LogP contribution in [0.1, 0.15) is 18.0 Å². The van der Waals surface area contributed by atoms with E-state index < -0.39 is 30.5 Å². The second-order valence-electron chi connectivity index (χ2n) is 9.40. The highest BCUT2D eigenvalue weighted by molar-refractivity contribution is 5.97. The quantitative estimate of drug-likeness (QED) is 0.259. The largest absolute Gasteiger partial charge is 0.497 e. The molecule has 214 valence electrons. The zero-order chi connectivity index (χ0) is 29.3. The Labute approximate surface area is 233 Å². The molecular weight excluding hydrogens is 544 g/mol. The van der Waals surface area contributed by atoms with Crippen molar-refractivity contribution in [1.82, 2.24) is 15.0 Å². The molecule has 0 radical (unpaired) electrons. The zero-order valence-electron chi connectivity index (χ0n) is 22.4. The lowest BCUT2D eigenvalue weighted by Gasteiger charge is -2.26. The molecule has 0 fully saturated rings. The summed E-state index contributed by atoms with van der Waals surface area (Å²) in [5.41, 5.74) is 2.45. The van der Waals surface area contributed by atoms with Gasteiger partial charge in [-0.15, -0.1) is 5.10 Å². The number of methoxy groups -OCH3 is 3. The molecule has 0 spiro atoms. The fourth-order valence-electron chi connectivity index (χ4n) is 4.99. The van der Waals surface area contributed by atoms with Gasteiger partial charge in [-0.1, -0.05) is 17.3 Å². The number of alkyl halides is 3. The van der Waals surface area contributed by atoms with Crippen LogP contribution < -0.4 is 19.1 Å². The normalized spacial score (nSPS) is 15.3. The molecule has 1 atom stereocenters. The summed E-state index contributed by atoms with van der Waals surface area (Å²) < 4.78 is 72.6. The molecule has 41 heavy (non-hydrogen) atoms. The number of aromatic nitrogens is 3. The molecule has 8 nitrogen and oxygen atoms in total. The van der Waals surface area contributed by atoms with E-state index in [-0.39, 0.29) is 24.1 Å². The van der Waals surface area contributed by atoms with Gasteiger partial charge in [-0.3, -0.25) is 4.79 Å². The number of ether oxygens (including phenoxy) is 3. The van der Waals surface area contributed by atoms with Gasteiger partial charge in [-0.25, -0.2) is 9.07 Å². The van der Waals surface area contributed by atoms with E-state index in [2.05, 4.69) is 10.3 Å². The van der Waals surface area contributed by atoms with Gasteiger partial charge in [0.2, 0.25) is 0 Å². The van der Waals surface area contributed by atoms with Gasteiger partial charge in [0.15, 0.2) is 0 Å². The maximum atomic E-state index is 14.6. The van der Waals surface area contributed by atoms with Crippen molar-refractivity contribution in [2.75, 3.05) is 32.8 Å². The number of halogens is 4. The Morgan fingerprint density at radius 3 is 2.34 bits per heavy atom. The first-order chi connectivity index (χ1) is 19.6. The number of hydrogen-bond acceptors (Lipinski definition) is 6. The molecule has 2 heterocycles. The number of amides is 1. The van der Waals surface area contributed by atoms with E-state index >= 15 is 0 Å². The molecule has 1 aliphatic heterocycles. The molecule has 0 saturated carbocycles. The lowest BCUT2D eigenvalue weighted by Crippen LogP contribution is -2.42. The SMILES string of the molecule is COc1ccc(-c2ccc(-c3cn(C4CCc5c(F)cccc5N(CC(F)(F)F)C4=O)nn3)cc2OC)c(OC)c1. The second kappa shape index (κ2) is 11.1. The molecular formula is C29H26F4N4O4. The van der Waals surface area contributed by atoms with Crippen molar-refractivity contribution in [3.05, 3.63) is 72.2 Å². The van der Waals surface area contributed by atoms with Gasteiger partial charge in [0.05, 0.1) is 33.2 Å². The van der Waals surface area contributed by atoms with Crippen LogP contribution in [0.2, 0.25) is 0 Å². The number of fused-ring (bicyclic) bond motifs is 1. The third-order valence-electron chi connectivity index (χ3n) is 6.97. The average molecular weight is 571 g/mol. The Morgan fingerprint density at radius 1 is 0.951 bits per heavy atom. The van der Waals surface area contributed by atoms with Crippen molar-refractivity contribution in [2.45, 2.75) is 25.1 Å². The van der Waals surface area contributed by atoms with Gasteiger partial charge in [0.25, 0.3) is 5.91 Å². The number of anilines is 1. The molecule has 1 amide bonds. The van der Waals surface area contributed by atoms with Crippen molar-refractivity contribution in [1.29, 1.82) is 0 Å². The molecule has 5 rings (SSSR count). The van der Waals surface area contributed by atoms with Crippen LogP contribution in [0.4, 0.5) is 23.2 Å². The summed E-state index contributed by atoms with van der Waals surface area (Å²) in [5, 5.41) is 8.25. The van der Waals surface area contributed by atoms with Gasteiger partial charge < -0.3 is 19.1 Å². The Bertz CT molecular complexity index is 1590. The monoisotopic (exact) mass is 570 g/mol. The predicted molar refractivity (Wildman–Crippen MR) is 143 cm³/mol. The van der Waals surface area contributed by atoms with Crippen LogP contribution in [0.15, 0.2) is 60.8 Å². The maximum Gasteiger partial charge on any atom is 0.406 e. The summed E-state index contributed by atoms with van der Waals surface area (Å²) in [6, 6.07) is 13.4. The van der Waals surface area contributed by atoms with Crippen LogP contribution >= 0.6 is 0 Å². The van der Waals surface area contributed by atoms with Crippen LogP contribution in [0.5, 0.6) is 17.2 Å². The summed E-state index contributed by atoms with van der Waals surface area (Å²) >= 11 is 0. The topological polar surface area (TPSA) is 78.7 Å². The van der Waals surface area contributed by atoms with Crippen LogP contribution in [-0.2, 0) is 11.2 Å². The average Bonchev–Trinajstić information content (AvgIpc) is 3.40. The van der Waals surface area contributed by atoms with Gasteiger partial charge in [-0.2, -0.15) is 13.2 Å². The smallest absolute Gasteiger partial charge is 0.406 e. The molecule has 0 saturated heterocycles. The molecule has 1 aliphatic rings. The van der Waals surface area contributed by atoms with Crippen LogP contribution in [-0.4, -0.2) is 55.0 Å². The zero-order valence-corrected chi connectivity index (χ0v) is 22.4. The van der Waals surface area contributed by atoms with Gasteiger partial charge in [0, 0.05) is 28.3 Å². The Hall–Kier alpha value is -4.61. The molecule has 4 aromatic rings. The molecule has 1 aromatic heterocycles. The lowest BCUT2D eigenvalue weighted by molar-refractivity contribution is -0.134. The highest BCUT2D eigenvalue weighted by Gasteiger charge is 2.40.